The van der Waals surface area contributed by atoms with Gasteiger partial charge in [0.25, 0.3) is 0 Å². The number of nitrogens with zero attached hydrogens (tertiary/aromatic N) is 2. The molecule has 204 valence electrons. The third-order valence-corrected chi connectivity index (χ3v) is 5.88. The van der Waals surface area contributed by atoms with E-state index in [9.17, 15) is 14.7 Å². The fraction of sp³-hybridized carbons (Fsp3) is 0.357. The number of aliphatic hydroxyl groups excluding tert-OH is 1. The molecule has 0 spiro atoms. The van der Waals surface area contributed by atoms with Gasteiger partial charge in [-0.3, -0.25) is 0 Å². The lowest BCUT2D eigenvalue weighted by molar-refractivity contribution is 0.0525. The first-order chi connectivity index (χ1) is 17.6. The average molecular weight is 582 g/mol. The summed E-state index contributed by atoms with van der Waals surface area (Å²) in [5, 5.41) is 12.2. The van der Waals surface area contributed by atoms with Crippen LogP contribution in [0.15, 0.2) is 48.5 Å². The molecule has 4 rings (SSSR count). The van der Waals surface area contributed by atoms with Crippen LogP contribution < -0.4 is 0 Å². The molecule has 10 heteroatoms. The van der Waals surface area contributed by atoms with Crippen LogP contribution in [0.5, 0.6) is 0 Å². The van der Waals surface area contributed by atoms with E-state index in [1.807, 2.05) is 32.9 Å². The van der Waals surface area contributed by atoms with Crippen LogP contribution in [-0.4, -0.2) is 37.6 Å². The third-order valence-electron chi connectivity index (χ3n) is 5.14. The van der Waals surface area contributed by atoms with Crippen molar-refractivity contribution in [1.29, 1.82) is 0 Å². The normalized spacial score (nSPS) is 11.8. The molecule has 0 aliphatic rings. The molecule has 0 fully saturated rings. The Morgan fingerprint density at radius 2 is 1.13 bits per heavy atom. The molecule has 0 bridgehead atoms. The van der Waals surface area contributed by atoms with Crippen LogP contribution in [-0.2, 0) is 22.0 Å². The molecule has 38 heavy (non-hydrogen) atoms. The van der Waals surface area contributed by atoms with Crippen LogP contribution in [0.1, 0.15) is 52.9 Å². The highest BCUT2D eigenvalue weighted by Crippen LogP contribution is 2.27. The molecule has 0 saturated heterocycles. The predicted molar refractivity (Wildman–Crippen MR) is 153 cm³/mol. The van der Waals surface area contributed by atoms with Gasteiger partial charge in [-0.05, 0) is 77.9 Å². The number of alkyl halides is 1. The highest BCUT2D eigenvalue weighted by molar-refractivity contribution is 6.31. The van der Waals surface area contributed by atoms with Gasteiger partial charge in [-0.1, -0.05) is 35.3 Å². The molecule has 0 amide bonds. The molecule has 7 nitrogen and oxygen atoms in total. The minimum absolute atomic E-state index is 0.228. The Bertz CT molecular complexity index is 1360. The van der Waals surface area contributed by atoms with Crippen molar-refractivity contribution in [3.05, 3.63) is 70.0 Å². The maximum Gasteiger partial charge on any atom is 0.419 e. The quantitative estimate of drug-likeness (QED) is 0.240. The Balaban J connectivity index is 0.000000211. The Morgan fingerprint density at radius 3 is 1.50 bits per heavy atom. The van der Waals surface area contributed by atoms with Crippen LogP contribution in [0.4, 0.5) is 9.59 Å². The largest absolute Gasteiger partial charge is 0.443 e. The summed E-state index contributed by atoms with van der Waals surface area (Å²) in [6, 6.07) is 14.2. The summed E-state index contributed by atoms with van der Waals surface area (Å²) in [7, 11) is 0. The zero-order valence-electron chi connectivity index (χ0n) is 22.1. The van der Waals surface area contributed by atoms with Gasteiger partial charge in [0.2, 0.25) is 0 Å². The monoisotopic (exact) mass is 580 g/mol. The van der Waals surface area contributed by atoms with E-state index in [1.54, 1.807) is 57.2 Å². The SMILES string of the molecule is CC(C)(C)OC(=O)n1c(CCl)cc2ccc(Cl)cc21.CC(C)(C)OC(=O)n1c(CO)cc2ccc(Cl)cc21. The van der Waals surface area contributed by atoms with Crippen LogP contribution in [0, 0.1) is 0 Å². The number of rotatable bonds is 2. The van der Waals surface area contributed by atoms with E-state index in [0.29, 0.717) is 32.5 Å². The Kier molecular flexibility index (Phi) is 9.09. The average Bonchev–Trinajstić information content (AvgIpc) is 3.34. The van der Waals surface area contributed by atoms with Crippen molar-refractivity contribution in [3.8, 4) is 0 Å². The van der Waals surface area contributed by atoms with Gasteiger partial charge in [0.05, 0.1) is 29.2 Å². The fourth-order valence-electron chi connectivity index (χ4n) is 3.72. The number of hydrogen-bond acceptors (Lipinski definition) is 5. The number of halogens is 3. The molecule has 0 radical (unpaired) electrons. The number of hydrogen-bond donors (Lipinski definition) is 1. The first-order valence-corrected chi connectivity index (χ1v) is 13.2. The van der Waals surface area contributed by atoms with Crippen molar-refractivity contribution in [2.45, 2.75) is 65.2 Å². The minimum atomic E-state index is -0.598. The van der Waals surface area contributed by atoms with Crippen molar-refractivity contribution in [1.82, 2.24) is 9.13 Å². The van der Waals surface area contributed by atoms with Gasteiger partial charge < -0.3 is 14.6 Å². The molecular weight excluding hydrogens is 551 g/mol. The number of benzene rings is 2. The number of aromatic nitrogens is 2. The van der Waals surface area contributed by atoms with Crippen LogP contribution in [0.3, 0.4) is 0 Å². The lowest BCUT2D eigenvalue weighted by atomic mass is 10.2. The first kappa shape index (κ1) is 29.8. The molecule has 0 aliphatic carbocycles. The first-order valence-electron chi connectivity index (χ1n) is 11.9. The fourth-order valence-corrected chi connectivity index (χ4v) is 4.25. The van der Waals surface area contributed by atoms with E-state index in [2.05, 4.69) is 0 Å². The zero-order chi connectivity index (χ0) is 28.4. The van der Waals surface area contributed by atoms with E-state index in [-0.39, 0.29) is 12.5 Å². The van der Waals surface area contributed by atoms with E-state index in [0.717, 1.165) is 10.8 Å². The van der Waals surface area contributed by atoms with Crippen molar-refractivity contribution in [2.24, 2.45) is 0 Å². The number of fused-ring (bicyclic) bond motifs is 2. The summed E-state index contributed by atoms with van der Waals surface area (Å²) in [4.78, 5) is 24.5. The predicted octanol–water partition coefficient (Wildman–Crippen LogP) is 8.39. The second-order valence-corrected chi connectivity index (χ2v) is 11.7. The van der Waals surface area contributed by atoms with Gasteiger partial charge in [0.15, 0.2) is 0 Å². The van der Waals surface area contributed by atoms with Crippen molar-refractivity contribution < 1.29 is 24.2 Å². The summed E-state index contributed by atoms with van der Waals surface area (Å²) in [5.41, 5.74) is 1.34. The standard InChI is InChI=1S/C14H15Cl2NO2.C14H16ClNO3/c1-14(2,3)19-13(18)17-11(8-15)6-9-4-5-10(16)7-12(9)17;1-14(2,3)19-13(18)16-11(8-17)6-9-4-5-10(15)7-12(9)16/h4-7H,8H2,1-3H3;4-7,17H,8H2,1-3H3. The van der Waals surface area contributed by atoms with Gasteiger partial charge >= 0.3 is 12.2 Å². The summed E-state index contributed by atoms with van der Waals surface area (Å²) < 4.78 is 13.6. The molecule has 2 aromatic heterocycles. The second-order valence-electron chi connectivity index (χ2n) is 10.6. The summed E-state index contributed by atoms with van der Waals surface area (Å²) in [6.45, 7) is 10.6. The molecular formula is C28H31Cl3N2O5. The lowest BCUT2D eigenvalue weighted by Gasteiger charge is -2.20. The summed E-state index contributed by atoms with van der Waals surface area (Å²) >= 11 is 17.8. The Hall–Kier alpha value is -2.71. The smallest absolute Gasteiger partial charge is 0.419 e. The van der Waals surface area contributed by atoms with Gasteiger partial charge in [-0.15, -0.1) is 11.6 Å². The molecule has 4 aromatic rings. The topological polar surface area (TPSA) is 82.7 Å². The van der Waals surface area contributed by atoms with Gasteiger partial charge in [0.1, 0.15) is 11.2 Å². The van der Waals surface area contributed by atoms with Gasteiger partial charge in [-0.25, -0.2) is 18.7 Å². The Morgan fingerprint density at radius 1 is 0.737 bits per heavy atom. The third kappa shape index (κ3) is 7.23. The van der Waals surface area contributed by atoms with Crippen molar-refractivity contribution in [2.75, 3.05) is 0 Å². The van der Waals surface area contributed by atoms with Crippen LogP contribution in [0.25, 0.3) is 21.8 Å². The molecule has 0 saturated carbocycles. The molecule has 0 atom stereocenters. The maximum atomic E-state index is 12.3. The van der Waals surface area contributed by atoms with Crippen molar-refractivity contribution in [3.63, 3.8) is 0 Å². The zero-order valence-corrected chi connectivity index (χ0v) is 24.4. The Labute approximate surface area is 236 Å². The number of carbonyl (C=O) groups excluding carboxylic acids is 2. The highest BCUT2D eigenvalue weighted by atomic mass is 35.5. The number of ether oxygens (including phenoxy) is 2. The minimum Gasteiger partial charge on any atom is -0.443 e. The van der Waals surface area contributed by atoms with E-state index in [4.69, 9.17) is 44.3 Å². The molecule has 1 N–H and O–H groups in total. The number of carbonyl (C=O) groups is 2. The van der Waals surface area contributed by atoms with Gasteiger partial charge in [-0.2, -0.15) is 0 Å². The van der Waals surface area contributed by atoms with E-state index < -0.39 is 23.4 Å². The second kappa shape index (κ2) is 11.6. The van der Waals surface area contributed by atoms with Crippen molar-refractivity contribution >= 4 is 68.8 Å². The van der Waals surface area contributed by atoms with Crippen LogP contribution in [0.2, 0.25) is 10.0 Å². The molecule has 0 unspecified atom stereocenters. The van der Waals surface area contributed by atoms with Crippen LogP contribution >= 0.6 is 34.8 Å². The summed E-state index contributed by atoms with van der Waals surface area (Å²) in [6.07, 6.45) is -0.964. The highest BCUT2D eigenvalue weighted by Gasteiger charge is 2.23. The maximum absolute atomic E-state index is 12.3. The summed E-state index contributed by atoms with van der Waals surface area (Å²) in [5.74, 6) is 0.228. The lowest BCUT2D eigenvalue weighted by Crippen LogP contribution is -2.28. The van der Waals surface area contributed by atoms with Gasteiger partial charge in [0, 0.05) is 26.5 Å². The van der Waals surface area contributed by atoms with E-state index in [1.165, 1.54) is 9.13 Å². The van der Waals surface area contributed by atoms with E-state index >= 15 is 0 Å². The number of aliphatic hydroxyl groups is 1. The molecule has 0 aliphatic heterocycles. The molecule has 2 heterocycles. The molecule has 2 aromatic carbocycles.